The molecule has 0 heterocycles. The lowest BCUT2D eigenvalue weighted by atomic mass is 10.2. The van der Waals surface area contributed by atoms with Gasteiger partial charge in [-0.1, -0.05) is 35.3 Å². The smallest absolute Gasteiger partial charge is 0.255 e. The molecule has 0 spiro atoms. The third kappa shape index (κ3) is 4.70. The zero-order valence-corrected chi connectivity index (χ0v) is 11.0. The highest BCUT2D eigenvalue weighted by atomic mass is 35.5. The molecule has 0 fully saturated rings. The predicted molar refractivity (Wildman–Crippen MR) is 63.6 cm³/mol. The highest BCUT2D eigenvalue weighted by Crippen LogP contribution is 2.46. The van der Waals surface area contributed by atoms with Crippen LogP contribution >= 0.6 is 35.1 Å². The minimum absolute atomic E-state index is 0.625. The van der Waals surface area contributed by atoms with Crippen LogP contribution in [-0.2, 0) is 0 Å². The van der Waals surface area contributed by atoms with Crippen LogP contribution in [0.5, 0.6) is 0 Å². The number of halogens is 7. The van der Waals surface area contributed by atoms with Crippen LogP contribution in [0.1, 0.15) is 10.4 Å². The van der Waals surface area contributed by atoms with E-state index in [1.165, 1.54) is 0 Å². The number of alkyl halides is 6. The van der Waals surface area contributed by atoms with Crippen molar-refractivity contribution in [3.05, 3.63) is 29.8 Å². The van der Waals surface area contributed by atoms with Crippen molar-refractivity contribution in [1.82, 2.24) is 0 Å². The Bertz CT molecular complexity index is 476. The Morgan fingerprint density at radius 1 is 1.16 bits per heavy atom. The maximum absolute atomic E-state index is 13.0. The molecule has 0 aliphatic heterocycles. The first kappa shape index (κ1) is 16.3. The van der Waals surface area contributed by atoms with E-state index >= 15 is 0 Å². The Morgan fingerprint density at radius 2 is 1.68 bits per heavy atom. The number of nitrogens with zero attached hydrogens (tertiary/aromatic N) is 1. The van der Waals surface area contributed by atoms with Crippen LogP contribution in [0, 0.1) is 0 Å². The lowest BCUT2D eigenvalue weighted by Crippen LogP contribution is -2.35. The highest BCUT2D eigenvalue weighted by molar-refractivity contribution is 8.04. The number of benzene rings is 1. The summed E-state index contributed by atoms with van der Waals surface area (Å²) in [4.78, 5) is 10.6. The Hall–Kier alpha value is -0.730. The molecule has 0 amide bonds. The Kier molecular flexibility index (Phi) is 4.91. The van der Waals surface area contributed by atoms with Gasteiger partial charge in [0.25, 0.3) is 0 Å². The highest BCUT2D eigenvalue weighted by Gasteiger charge is 2.45. The zero-order chi connectivity index (χ0) is 14.8. The van der Waals surface area contributed by atoms with Crippen molar-refractivity contribution in [2.45, 2.75) is 10.2 Å². The Morgan fingerprint density at radius 3 is 2.11 bits per heavy atom. The quantitative estimate of drug-likeness (QED) is 0.257. The number of carbonyl (C=O) groups excluding carboxylic acids is 1. The molecular formula is C9H4Cl2F5NOS. The second kappa shape index (κ2) is 5.72. The van der Waals surface area contributed by atoms with Crippen molar-refractivity contribution in [2.24, 2.45) is 0 Å². The molecule has 0 unspecified atom stereocenters. The van der Waals surface area contributed by atoms with Crippen molar-refractivity contribution in [1.29, 1.82) is 0 Å². The van der Waals surface area contributed by atoms with E-state index in [1.807, 2.05) is 0 Å². The number of anilines is 1. The Balaban J connectivity index is 3.30. The molecule has 0 bridgehead atoms. The summed E-state index contributed by atoms with van der Waals surface area (Å²) in [5.41, 5.74) is -1.79. The molecule has 0 radical (unpaired) electrons. The summed E-state index contributed by atoms with van der Waals surface area (Å²) in [6.07, 6.45) is -5.13. The fourth-order valence-corrected chi connectivity index (χ4v) is 2.14. The SMILES string of the molecule is O=C(F)c1ccccc1N(SC(F)(Cl)Cl)C(F)(F)F. The van der Waals surface area contributed by atoms with Gasteiger partial charge in [0.15, 0.2) is 0 Å². The maximum Gasteiger partial charge on any atom is 0.495 e. The van der Waals surface area contributed by atoms with Crippen molar-refractivity contribution >= 4 is 46.9 Å². The molecule has 0 aliphatic carbocycles. The van der Waals surface area contributed by atoms with Gasteiger partial charge in [0.2, 0.25) is 0 Å². The molecule has 106 valence electrons. The second-order valence-corrected chi connectivity index (χ2v) is 5.88. The molecule has 0 saturated carbocycles. The van der Waals surface area contributed by atoms with E-state index in [1.54, 1.807) is 0 Å². The van der Waals surface area contributed by atoms with Crippen LogP contribution in [0.2, 0.25) is 0 Å². The van der Waals surface area contributed by atoms with Crippen LogP contribution in [0.15, 0.2) is 24.3 Å². The van der Waals surface area contributed by atoms with Gasteiger partial charge < -0.3 is 0 Å². The van der Waals surface area contributed by atoms with Gasteiger partial charge in [-0.15, -0.1) is 13.2 Å². The van der Waals surface area contributed by atoms with Crippen molar-refractivity contribution in [3.63, 3.8) is 0 Å². The lowest BCUT2D eigenvalue weighted by Gasteiger charge is -2.28. The van der Waals surface area contributed by atoms with E-state index in [-0.39, 0.29) is 0 Å². The first-order chi connectivity index (χ1) is 8.52. The third-order valence-electron chi connectivity index (χ3n) is 1.76. The molecule has 1 rings (SSSR count). The summed E-state index contributed by atoms with van der Waals surface area (Å²) in [6, 6.07) is 1.77. The summed E-state index contributed by atoms with van der Waals surface area (Å²) < 4.78 is 60.0. The summed E-state index contributed by atoms with van der Waals surface area (Å²) in [7, 11) is 0. The van der Waals surface area contributed by atoms with Gasteiger partial charge in [-0.25, -0.2) is 4.31 Å². The van der Waals surface area contributed by atoms with Gasteiger partial charge in [-0.2, -0.15) is 8.78 Å². The minimum atomic E-state index is -5.13. The molecular weight excluding hydrogens is 336 g/mol. The van der Waals surface area contributed by atoms with Gasteiger partial charge in [-0.3, -0.25) is 4.79 Å². The average molecular weight is 340 g/mol. The van der Waals surface area contributed by atoms with Crippen molar-refractivity contribution in [2.75, 3.05) is 4.31 Å². The van der Waals surface area contributed by atoms with E-state index < -0.39 is 43.8 Å². The molecule has 2 nitrogen and oxygen atoms in total. The van der Waals surface area contributed by atoms with Gasteiger partial charge in [0.1, 0.15) is 0 Å². The van der Waals surface area contributed by atoms with Crippen molar-refractivity contribution in [3.8, 4) is 0 Å². The molecule has 0 aliphatic rings. The van der Waals surface area contributed by atoms with E-state index in [9.17, 15) is 26.7 Å². The zero-order valence-electron chi connectivity index (χ0n) is 8.72. The predicted octanol–water partition coefficient (Wildman–Crippen LogP) is 4.83. The fraction of sp³-hybridized carbons (Fsp3) is 0.222. The van der Waals surface area contributed by atoms with Crippen molar-refractivity contribution < 1.29 is 26.7 Å². The second-order valence-electron chi connectivity index (χ2n) is 3.09. The van der Waals surface area contributed by atoms with E-state index in [0.29, 0.717) is 0 Å². The standard InChI is InChI=1S/C9H4Cl2F5NOS/c10-8(11,13)19-17(9(14,15)16)6-4-2-1-3-5(6)7(12)18/h1-4H. The molecule has 0 aromatic heterocycles. The number of hydrogen-bond acceptors (Lipinski definition) is 3. The topological polar surface area (TPSA) is 20.3 Å². The molecule has 1 aromatic rings. The van der Waals surface area contributed by atoms with Crippen LogP contribution in [0.3, 0.4) is 0 Å². The first-order valence-electron chi connectivity index (χ1n) is 4.44. The summed E-state index contributed by atoms with van der Waals surface area (Å²) in [5, 5.41) is 0. The molecule has 0 atom stereocenters. The molecule has 10 heteroatoms. The Labute approximate surface area is 118 Å². The average Bonchev–Trinajstić information content (AvgIpc) is 2.23. The molecule has 0 N–H and O–H groups in total. The lowest BCUT2D eigenvalue weighted by molar-refractivity contribution is -0.114. The van der Waals surface area contributed by atoms with Crippen LogP contribution in [-0.4, -0.2) is 16.3 Å². The maximum atomic E-state index is 13.0. The summed E-state index contributed by atoms with van der Waals surface area (Å²) in [5.74, 6) is 0. The van der Waals surface area contributed by atoms with Gasteiger partial charge in [0, 0.05) is 11.9 Å². The van der Waals surface area contributed by atoms with Crippen LogP contribution in [0.4, 0.5) is 27.6 Å². The number of hydrogen-bond donors (Lipinski definition) is 0. The molecule has 1 aromatic carbocycles. The molecule has 0 saturated heterocycles. The number of rotatable bonds is 4. The van der Waals surface area contributed by atoms with Gasteiger partial charge >= 0.3 is 16.3 Å². The third-order valence-corrected chi connectivity index (χ3v) is 2.97. The van der Waals surface area contributed by atoms with Gasteiger partial charge in [-0.05, 0) is 12.1 Å². The fourth-order valence-electron chi connectivity index (χ4n) is 1.16. The number of carbonyl (C=O) groups is 1. The monoisotopic (exact) mass is 339 g/mol. The molecule has 19 heavy (non-hydrogen) atoms. The van der Waals surface area contributed by atoms with E-state index in [4.69, 9.17) is 23.2 Å². The number of para-hydroxylation sites is 1. The summed E-state index contributed by atoms with van der Waals surface area (Å²) in [6.45, 7) is 0. The normalized spacial score (nSPS) is 12.4. The van der Waals surface area contributed by atoms with Crippen LogP contribution in [0.25, 0.3) is 0 Å². The first-order valence-corrected chi connectivity index (χ1v) is 5.97. The largest absolute Gasteiger partial charge is 0.495 e. The van der Waals surface area contributed by atoms with E-state index in [0.717, 1.165) is 24.3 Å². The van der Waals surface area contributed by atoms with Crippen LogP contribution < -0.4 is 4.31 Å². The van der Waals surface area contributed by atoms with E-state index in [2.05, 4.69) is 0 Å². The minimum Gasteiger partial charge on any atom is -0.255 e. The van der Waals surface area contributed by atoms with Gasteiger partial charge in [0.05, 0.1) is 11.3 Å². The summed E-state index contributed by atoms with van der Waals surface area (Å²) >= 11 is 9.06.